The van der Waals surface area contributed by atoms with Gasteiger partial charge in [-0.2, -0.15) is 4.31 Å². The summed E-state index contributed by atoms with van der Waals surface area (Å²) in [5, 5.41) is 11.0. The molecule has 26 heavy (non-hydrogen) atoms. The minimum absolute atomic E-state index is 0.124. The molecule has 7 nitrogen and oxygen atoms in total. The Morgan fingerprint density at radius 2 is 1.81 bits per heavy atom. The van der Waals surface area contributed by atoms with Crippen molar-refractivity contribution in [2.24, 2.45) is 0 Å². The number of ether oxygens (including phenoxy) is 1. The Labute approximate surface area is 156 Å². The fourth-order valence-electron chi connectivity index (χ4n) is 2.72. The molecule has 0 aliphatic carbocycles. The maximum Gasteiger partial charge on any atom is 0.263 e. The summed E-state index contributed by atoms with van der Waals surface area (Å²) in [4.78, 5) is 14.2. The van der Waals surface area contributed by atoms with Crippen molar-refractivity contribution in [2.45, 2.75) is 17.2 Å². The van der Waals surface area contributed by atoms with Gasteiger partial charge in [0.15, 0.2) is 6.10 Å². The van der Waals surface area contributed by atoms with Crippen LogP contribution in [0.4, 0.5) is 0 Å². The summed E-state index contributed by atoms with van der Waals surface area (Å²) < 4.78 is 32.4. The molecule has 1 aromatic heterocycles. The summed E-state index contributed by atoms with van der Waals surface area (Å²) in [5.74, 6) is 0.424. The topological polar surface area (TPSA) is 87.2 Å². The van der Waals surface area contributed by atoms with Gasteiger partial charge in [-0.1, -0.05) is 6.07 Å². The number of hydrogen-bond donors (Lipinski definition) is 1. The standard InChI is InChI=1S/C17H20N2O5S2/c1-13(24-15-6-4-14(20)5-7-15)17(21)18-8-10-19(11-9-18)26(22,23)16-3-2-12-25-16/h2-7,12-13,20H,8-11H2,1H3. The molecule has 1 aromatic carbocycles. The molecule has 0 saturated carbocycles. The van der Waals surface area contributed by atoms with E-state index in [1.54, 1.807) is 41.5 Å². The molecule has 1 saturated heterocycles. The first kappa shape index (κ1) is 18.7. The van der Waals surface area contributed by atoms with Gasteiger partial charge in [0.05, 0.1) is 0 Å². The number of nitrogens with zero attached hydrogens (tertiary/aromatic N) is 2. The van der Waals surface area contributed by atoms with Crippen LogP contribution < -0.4 is 4.74 Å². The van der Waals surface area contributed by atoms with Gasteiger partial charge in [0.2, 0.25) is 0 Å². The Kier molecular flexibility index (Phi) is 5.49. The number of thiophene rings is 1. The second kappa shape index (κ2) is 7.65. The van der Waals surface area contributed by atoms with E-state index in [0.717, 1.165) is 0 Å². The predicted molar refractivity (Wildman–Crippen MR) is 97.9 cm³/mol. The van der Waals surface area contributed by atoms with Gasteiger partial charge in [-0.3, -0.25) is 4.79 Å². The minimum Gasteiger partial charge on any atom is -0.508 e. The number of carbonyl (C=O) groups is 1. The molecule has 1 unspecified atom stereocenters. The van der Waals surface area contributed by atoms with Gasteiger partial charge in [0.25, 0.3) is 15.9 Å². The summed E-state index contributed by atoms with van der Waals surface area (Å²) in [6, 6.07) is 9.45. The van der Waals surface area contributed by atoms with E-state index < -0.39 is 16.1 Å². The van der Waals surface area contributed by atoms with Gasteiger partial charge in [0.1, 0.15) is 15.7 Å². The SMILES string of the molecule is CC(Oc1ccc(O)cc1)C(=O)N1CCN(S(=O)(=O)c2cccs2)CC1. The number of benzene rings is 1. The first-order valence-corrected chi connectivity index (χ1v) is 10.5. The molecule has 1 aliphatic rings. The van der Waals surface area contributed by atoms with Gasteiger partial charge in [-0.25, -0.2) is 8.42 Å². The van der Waals surface area contributed by atoms with Crippen molar-refractivity contribution >= 4 is 27.3 Å². The van der Waals surface area contributed by atoms with E-state index in [2.05, 4.69) is 0 Å². The maximum atomic E-state index is 12.5. The monoisotopic (exact) mass is 396 g/mol. The number of rotatable bonds is 5. The van der Waals surface area contributed by atoms with Gasteiger partial charge < -0.3 is 14.7 Å². The molecule has 1 amide bonds. The molecule has 1 fully saturated rings. The molecule has 0 radical (unpaired) electrons. The van der Waals surface area contributed by atoms with Crippen molar-refractivity contribution in [1.82, 2.24) is 9.21 Å². The van der Waals surface area contributed by atoms with E-state index in [1.807, 2.05) is 0 Å². The number of hydrogen-bond acceptors (Lipinski definition) is 6. The van der Waals surface area contributed by atoms with Crippen molar-refractivity contribution in [3.63, 3.8) is 0 Å². The van der Waals surface area contributed by atoms with Crippen LogP contribution in [0.1, 0.15) is 6.92 Å². The van der Waals surface area contributed by atoms with Crippen LogP contribution in [0.2, 0.25) is 0 Å². The predicted octanol–water partition coefficient (Wildman–Crippen LogP) is 1.75. The molecule has 1 aliphatic heterocycles. The van der Waals surface area contributed by atoms with Gasteiger partial charge >= 0.3 is 0 Å². The molecular formula is C17H20N2O5S2. The lowest BCUT2D eigenvalue weighted by Crippen LogP contribution is -2.53. The van der Waals surface area contributed by atoms with Crippen LogP contribution in [0, 0.1) is 0 Å². The van der Waals surface area contributed by atoms with Crippen LogP contribution in [0.15, 0.2) is 46.0 Å². The molecule has 2 heterocycles. The van der Waals surface area contributed by atoms with Crippen molar-refractivity contribution < 1.29 is 23.1 Å². The van der Waals surface area contributed by atoms with Crippen LogP contribution in [-0.4, -0.2) is 60.9 Å². The second-order valence-electron chi connectivity index (χ2n) is 5.92. The third kappa shape index (κ3) is 4.00. The van der Waals surface area contributed by atoms with E-state index in [1.165, 1.54) is 27.8 Å². The summed E-state index contributed by atoms with van der Waals surface area (Å²) >= 11 is 1.19. The average molecular weight is 396 g/mol. The molecular weight excluding hydrogens is 376 g/mol. The number of piperazine rings is 1. The molecule has 1 N–H and O–H groups in total. The highest BCUT2D eigenvalue weighted by molar-refractivity contribution is 7.91. The third-order valence-electron chi connectivity index (χ3n) is 4.14. The molecule has 2 aromatic rings. The summed E-state index contributed by atoms with van der Waals surface area (Å²) in [5.41, 5.74) is 0. The Morgan fingerprint density at radius 3 is 2.38 bits per heavy atom. The minimum atomic E-state index is -3.48. The Morgan fingerprint density at radius 1 is 1.15 bits per heavy atom. The zero-order chi connectivity index (χ0) is 18.7. The van der Waals surface area contributed by atoms with Crippen molar-refractivity contribution in [1.29, 1.82) is 0 Å². The largest absolute Gasteiger partial charge is 0.508 e. The molecule has 3 rings (SSSR count). The van der Waals surface area contributed by atoms with Crippen LogP contribution >= 0.6 is 11.3 Å². The number of phenolic OH excluding ortho intramolecular Hbond substituents is 1. The number of carbonyl (C=O) groups excluding carboxylic acids is 1. The highest BCUT2D eigenvalue weighted by atomic mass is 32.2. The lowest BCUT2D eigenvalue weighted by molar-refractivity contribution is -0.139. The number of sulfonamides is 1. The number of amides is 1. The second-order valence-corrected chi connectivity index (χ2v) is 9.03. The highest BCUT2D eigenvalue weighted by Gasteiger charge is 2.32. The van der Waals surface area contributed by atoms with Crippen molar-refractivity contribution in [2.75, 3.05) is 26.2 Å². The van der Waals surface area contributed by atoms with E-state index in [-0.39, 0.29) is 24.7 Å². The number of phenols is 1. The summed E-state index contributed by atoms with van der Waals surface area (Å²) in [7, 11) is -3.48. The third-order valence-corrected chi connectivity index (χ3v) is 7.41. The lowest BCUT2D eigenvalue weighted by Gasteiger charge is -2.34. The molecule has 0 bridgehead atoms. The number of aromatic hydroxyl groups is 1. The van der Waals surface area contributed by atoms with Crippen LogP contribution in [0.25, 0.3) is 0 Å². The fourth-order valence-corrected chi connectivity index (χ4v) is 5.29. The Bertz CT molecular complexity index is 842. The van der Waals surface area contributed by atoms with Crippen LogP contribution in [-0.2, 0) is 14.8 Å². The van der Waals surface area contributed by atoms with E-state index >= 15 is 0 Å². The van der Waals surface area contributed by atoms with Crippen molar-refractivity contribution in [3.05, 3.63) is 41.8 Å². The first-order valence-electron chi connectivity index (χ1n) is 8.16. The molecule has 140 valence electrons. The molecule has 1 atom stereocenters. The highest BCUT2D eigenvalue weighted by Crippen LogP contribution is 2.22. The van der Waals surface area contributed by atoms with Crippen molar-refractivity contribution in [3.8, 4) is 11.5 Å². The zero-order valence-corrected chi connectivity index (χ0v) is 15.9. The smallest absolute Gasteiger partial charge is 0.263 e. The molecule has 9 heteroatoms. The maximum absolute atomic E-state index is 12.5. The van der Waals surface area contributed by atoms with Gasteiger partial charge in [0, 0.05) is 26.2 Å². The van der Waals surface area contributed by atoms with Crippen LogP contribution in [0.3, 0.4) is 0 Å². The summed E-state index contributed by atoms with van der Waals surface area (Å²) in [6.45, 7) is 2.83. The fraction of sp³-hybridized carbons (Fsp3) is 0.353. The Balaban J connectivity index is 1.57. The van der Waals surface area contributed by atoms with E-state index in [9.17, 15) is 18.3 Å². The molecule has 0 spiro atoms. The van der Waals surface area contributed by atoms with E-state index in [0.29, 0.717) is 23.0 Å². The van der Waals surface area contributed by atoms with Gasteiger partial charge in [-0.15, -0.1) is 11.3 Å². The first-order chi connectivity index (χ1) is 12.4. The van der Waals surface area contributed by atoms with Gasteiger partial charge in [-0.05, 0) is 42.6 Å². The summed E-state index contributed by atoms with van der Waals surface area (Å²) in [6.07, 6.45) is -0.694. The average Bonchev–Trinajstić information content (AvgIpc) is 3.18. The van der Waals surface area contributed by atoms with E-state index in [4.69, 9.17) is 4.74 Å². The zero-order valence-electron chi connectivity index (χ0n) is 14.2. The lowest BCUT2D eigenvalue weighted by atomic mass is 10.2. The quantitative estimate of drug-likeness (QED) is 0.832. The van der Waals surface area contributed by atoms with Crippen LogP contribution in [0.5, 0.6) is 11.5 Å². The Hall–Kier alpha value is -2.10. The normalized spacial score (nSPS) is 17.0.